The van der Waals surface area contributed by atoms with E-state index in [2.05, 4.69) is 27.7 Å². The molecule has 0 aliphatic carbocycles. The third-order valence-electron chi connectivity index (χ3n) is 1.40. The monoisotopic (exact) mass is 279 g/mol. The van der Waals surface area contributed by atoms with Crippen LogP contribution in [-0.4, -0.2) is 34.7 Å². The van der Waals surface area contributed by atoms with Gasteiger partial charge in [0.1, 0.15) is 6.54 Å². The highest BCUT2D eigenvalue weighted by Gasteiger charge is 2.04. The maximum Gasteiger partial charge on any atom is 0.243 e. The molecule has 5 heteroatoms. The first kappa shape index (κ1) is 9.50. The molecule has 0 saturated carbocycles. The molecular formula is C7H10IN3O. The second-order valence-electron chi connectivity index (χ2n) is 2.64. The summed E-state index contributed by atoms with van der Waals surface area (Å²) in [6, 6.07) is 0. The fourth-order valence-electron chi connectivity index (χ4n) is 0.705. The first-order valence-electron chi connectivity index (χ1n) is 3.47. The minimum atomic E-state index is 0.0505. The van der Waals surface area contributed by atoms with E-state index in [1.807, 2.05) is 6.20 Å². The molecule has 0 aliphatic heterocycles. The van der Waals surface area contributed by atoms with Gasteiger partial charge >= 0.3 is 0 Å². The lowest BCUT2D eigenvalue weighted by Gasteiger charge is -2.09. The molecule has 0 aromatic carbocycles. The number of hydrogen-bond acceptors (Lipinski definition) is 2. The Morgan fingerprint density at radius 1 is 1.75 bits per heavy atom. The van der Waals surface area contributed by atoms with Crippen molar-refractivity contribution in [2.24, 2.45) is 0 Å². The van der Waals surface area contributed by atoms with Gasteiger partial charge in [-0.25, -0.2) is 0 Å². The Hall–Kier alpha value is -0.590. The Morgan fingerprint density at radius 2 is 2.42 bits per heavy atom. The molecule has 4 nitrogen and oxygen atoms in total. The van der Waals surface area contributed by atoms with Crippen molar-refractivity contribution in [3.05, 3.63) is 16.0 Å². The largest absolute Gasteiger partial charge is 0.347 e. The number of aromatic nitrogens is 2. The van der Waals surface area contributed by atoms with E-state index >= 15 is 0 Å². The van der Waals surface area contributed by atoms with E-state index in [1.165, 1.54) is 0 Å². The smallest absolute Gasteiger partial charge is 0.243 e. The van der Waals surface area contributed by atoms with Crippen LogP contribution in [-0.2, 0) is 11.3 Å². The number of halogens is 1. The summed E-state index contributed by atoms with van der Waals surface area (Å²) >= 11 is 2.16. The average molecular weight is 279 g/mol. The summed E-state index contributed by atoms with van der Waals surface area (Å²) in [7, 11) is 3.47. The first-order chi connectivity index (χ1) is 5.59. The molecule has 12 heavy (non-hydrogen) atoms. The second kappa shape index (κ2) is 3.88. The van der Waals surface area contributed by atoms with E-state index in [4.69, 9.17) is 0 Å². The van der Waals surface area contributed by atoms with E-state index in [1.54, 1.807) is 29.9 Å². The molecule has 0 atom stereocenters. The van der Waals surface area contributed by atoms with Crippen molar-refractivity contribution in [1.29, 1.82) is 0 Å². The summed E-state index contributed by atoms with van der Waals surface area (Å²) in [6.07, 6.45) is 3.56. The highest BCUT2D eigenvalue weighted by Crippen LogP contribution is 2.00. The predicted molar refractivity (Wildman–Crippen MR) is 53.6 cm³/mol. The quantitative estimate of drug-likeness (QED) is 0.743. The maximum atomic E-state index is 11.2. The molecule has 1 amide bonds. The molecule has 1 aromatic heterocycles. The summed E-state index contributed by atoms with van der Waals surface area (Å²) in [5, 5.41) is 4.00. The minimum Gasteiger partial charge on any atom is -0.347 e. The Labute approximate surface area is 84.7 Å². The molecule has 66 valence electrons. The zero-order chi connectivity index (χ0) is 9.14. The van der Waals surface area contributed by atoms with Gasteiger partial charge in [-0.1, -0.05) is 0 Å². The van der Waals surface area contributed by atoms with Gasteiger partial charge in [-0.3, -0.25) is 9.48 Å². The van der Waals surface area contributed by atoms with Crippen molar-refractivity contribution < 1.29 is 4.79 Å². The number of carbonyl (C=O) groups excluding carboxylic acids is 1. The number of rotatable bonds is 2. The molecular weight excluding hydrogens is 269 g/mol. The predicted octanol–water partition coefficient (Wildman–Crippen LogP) is 0.576. The van der Waals surface area contributed by atoms with E-state index in [0.717, 1.165) is 3.57 Å². The topological polar surface area (TPSA) is 38.1 Å². The van der Waals surface area contributed by atoms with Crippen LogP contribution in [0.1, 0.15) is 0 Å². The van der Waals surface area contributed by atoms with Crippen LogP contribution < -0.4 is 0 Å². The molecule has 0 aliphatic rings. The van der Waals surface area contributed by atoms with E-state index in [9.17, 15) is 4.79 Å². The fourth-order valence-corrected chi connectivity index (χ4v) is 1.15. The molecule has 0 saturated heterocycles. The fraction of sp³-hybridized carbons (Fsp3) is 0.429. The summed E-state index contributed by atoms with van der Waals surface area (Å²) in [5.41, 5.74) is 0. The van der Waals surface area contributed by atoms with Crippen LogP contribution in [0.4, 0.5) is 0 Å². The van der Waals surface area contributed by atoms with Crippen LogP contribution in [0.25, 0.3) is 0 Å². The zero-order valence-corrected chi connectivity index (χ0v) is 9.15. The van der Waals surface area contributed by atoms with Crippen molar-refractivity contribution in [2.75, 3.05) is 14.1 Å². The number of nitrogens with zero attached hydrogens (tertiary/aromatic N) is 3. The van der Waals surface area contributed by atoms with Crippen LogP contribution in [0.15, 0.2) is 12.4 Å². The van der Waals surface area contributed by atoms with Gasteiger partial charge < -0.3 is 4.90 Å². The van der Waals surface area contributed by atoms with Crippen LogP contribution in [0, 0.1) is 3.57 Å². The molecule has 1 aromatic rings. The lowest BCUT2D eigenvalue weighted by atomic mass is 10.5. The van der Waals surface area contributed by atoms with E-state index in [-0.39, 0.29) is 5.91 Å². The summed E-state index contributed by atoms with van der Waals surface area (Å²) in [4.78, 5) is 12.7. The van der Waals surface area contributed by atoms with Crippen molar-refractivity contribution >= 4 is 28.5 Å². The lowest BCUT2D eigenvalue weighted by molar-refractivity contribution is -0.129. The maximum absolute atomic E-state index is 11.2. The molecule has 0 spiro atoms. The Morgan fingerprint density at radius 3 is 2.83 bits per heavy atom. The Balaban J connectivity index is 2.58. The highest BCUT2D eigenvalue weighted by atomic mass is 127. The first-order valence-corrected chi connectivity index (χ1v) is 4.55. The normalized spacial score (nSPS) is 9.92. The van der Waals surface area contributed by atoms with Crippen molar-refractivity contribution in [3.8, 4) is 0 Å². The van der Waals surface area contributed by atoms with Gasteiger partial charge in [0.05, 0.1) is 9.77 Å². The molecule has 0 bridgehead atoms. The molecule has 0 N–H and O–H groups in total. The molecule has 1 rings (SSSR count). The number of amides is 1. The highest BCUT2D eigenvalue weighted by molar-refractivity contribution is 14.1. The third kappa shape index (κ3) is 2.47. The number of hydrogen-bond donors (Lipinski definition) is 0. The summed E-state index contributed by atoms with van der Waals surface area (Å²) in [6.45, 7) is 0.315. The average Bonchev–Trinajstić information content (AvgIpc) is 2.35. The van der Waals surface area contributed by atoms with Gasteiger partial charge in [-0.2, -0.15) is 5.10 Å². The van der Waals surface area contributed by atoms with Crippen molar-refractivity contribution in [1.82, 2.24) is 14.7 Å². The molecule has 0 fully saturated rings. The van der Waals surface area contributed by atoms with Crippen molar-refractivity contribution in [2.45, 2.75) is 6.54 Å². The lowest BCUT2D eigenvalue weighted by Crippen LogP contribution is -2.26. The van der Waals surface area contributed by atoms with Gasteiger partial charge in [0, 0.05) is 20.3 Å². The van der Waals surface area contributed by atoms with Crippen LogP contribution in [0.3, 0.4) is 0 Å². The zero-order valence-electron chi connectivity index (χ0n) is 6.99. The van der Waals surface area contributed by atoms with Crippen LogP contribution in [0.2, 0.25) is 0 Å². The molecule has 0 radical (unpaired) electrons. The van der Waals surface area contributed by atoms with Gasteiger partial charge in [-0.15, -0.1) is 0 Å². The van der Waals surface area contributed by atoms with Gasteiger partial charge in [0.2, 0.25) is 5.91 Å². The standard InChI is InChI=1S/C7H10IN3O/c1-10(2)7(12)5-11-4-6(8)3-9-11/h3-4H,5H2,1-2H3. The van der Waals surface area contributed by atoms with Gasteiger partial charge in [0.15, 0.2) is 0 Å². The molecule has 1 heterocycles. The summed E-state index contributed by atoms with van der Waals surface area (Å²) in [5.74, 6) is 0.0505. The van der Waals surface area contributed by atoms with E-state index < -0.39 is 0 Å². The second-order valence-corrected chi connectivity index (χ2v) is 3.89. The Kier molecular flexibility index (Phi) is 3.07. The third-order valence-corrected chi connectivity index (χ3v) is 1.95. The summed E-state index contributed by atoms with van der Waals surface area (Å²) < 4.78 is 2.67. The van der Waals surface area contributed by atoms with Crippen LogP contribution >= 0.6 is 22.6 Å². The molecule has 0 unspecified atom stereocenters. The number of likely N-dealkylation sites (N-methyl/N-ethyl adjacent to an activating group) is 1. The van der Waals surface area contributed by atoms with Crippen LogP contribution in [0.5, 0.6) is 0 Å². The number of carbonyl (C=O) groups is 1. The minimum absolute atomic E-state index is 0.0505. The van der Waals surface area contributed by atoms with Crippen molar-refractivity contribution in [3.63, 3.8) is 0 Å². The SMILES string of the molecule is CN(C)C(=O)Cn1cc(I)cn1. The Bertz CT molecular complexity index is 282. The van der Waals surface area contributed by atoms with Gasteiger partial charge in [0.25, 0.3) is 0 Å². The van der Waals surface area contributed by atoms with E-state index in [0.29, 0.717) is 6.54 Å². The van der Waals surface area contributed by atoms with Gasteiger partial charge in [-0.05, 0) is 22.6 Å².